The van der Waals surface area contributed by atoms with Gasteiger partial charge in [-0.1, -0.05) is 20.8 Å². The van der Waals surface area contributed by atoms with E-state index < -0.39 is 0 Å². The van der Waals surface area contributed by atoms with Gasteiger partial charge in [-0.25, -0.2) is 0 Å². The summed E-state index contributed by atoms with van der Waals surface area (Å²) in [6.45, 7) is 8.82. The predicted molar refractivity (Wildman–Crippen MR) is 65.0 cm³/mol. The Morgan fingerprint density at radius 2 is 1.50 bits per heavy atom. The Balaban J connectivity index is 3.61. The van der Waals surface area contributed by atoms with Crippen molar-refractivity contribution in [2.24, 2.45) is 0 Å². The Morgan fingerprint density at radius 3 is 1.93 bits per heavy atom. The first-order valence-electron chi connectivity index (χ1n) is 5.66. The van der Waals surface area contributed by atoms with Gasteiger partial charge in [0.15, 0.2) is 0 Å². The zero-order valence-corrected chi connectivity index (χ0v) is 11.0. The van der Waals surface area contributed by atoms with E-state index in [2.05, 4.69) is 30.0 Å². The van der Waals surface area contributed by atoms with Crippen LogP contribution in [0.3, 0.4) is 0 Å². The molecule has 0 spiro atoms. The highest BCUT2D eigenvalue weighted by atomic mass is 31.0. The van der Waals surface area contributed by atoms with Crippen LogP contribution in [0.1, 0.15) is 40.0 Å². The summed E-state index contributed by atoms with van der Waals surface area (Å²) < 4.78 is 11.3. The van der Waals surface area contributed by atoms with E-state index >= 15 is 0 Å². The van der Waals surface area contributed by atoms with Crippen LogP contribution in [0.15, 0.2) is 0 Å². The largest absolute Gasteiger partial charge is 0.379 e. The van der Waals surface area contributed by atoms with Crippen LogP contribution in [0.5, 0.6) is 0 Å². The average molecular weight is 220 g/mol. The van der Waals surface area contributed by atoms with Crippen LogP contribution in [-0.4, -0.2) is 31.6 Å². The summed E-state index contributed by atoms with van der Waals surface area (Å²) in [7, 11) is 2.65. The van der Waals surface area contributed by atoms with E-state index in [0.29, 0.717) is 0 Å². The van der Waals surface area contributed by atoms with Crippen LogP contribution < -0.4 is 0 Å². The van der Waals surface area contributed by atoms with Crippen molar-refractivity contribution in [1.82, 2.24) is 0 Å². The van der Waals surface area contributed by atoms with Gasteiger partial charge in [0, 0.05) is 0 Å². The topological polar surface area (TPSA) is 18.5 Å². The highest BCUT2D eigenvalue weighted by Gasteiger charge is 2.23. The fourth-order valence-electron chi connectivity index (χ4n) is 1.56. The van der Waals surface area contributed by atoms with Gasteiger partial charge in [-0.05, 0) is 25.4 Å². The Morgan fingerprint density at radius 1 is 0.929 bits per heavy atom. The monoisotopic (exact) mass is 220 g/mol. The standard InChI is InChI=1S/C11H25O2P/c1-4-11(5-2,6-3)13-8-7-12-9-10-14/h4-10,14H2,1-3H3. The Kier molecular flexibility index (Phi) is 8.86. The average Bonchev–Trinajstić information content (AvgIpc) is 2.24. The van der Waals surface area contributed by atoms with E-state index in [1.54, 1.807) is 0 Å². The van der Waals surface area contributed by atoms with Crippen molar-refractivity contribution in [2.75, 3.05) is 26.0 Å². The summed E-state index contributed by atoms with van der Waals surface area (Å²) in [6, 6.07) is 0. The maximum atomic E-state index is 5.89. The third-order valence-corrected chi connectivity index (χ3v) is 3.07. The molecule has 3 heteroatoms. The van der Waals surface area contributed by atoms with Crippen molar-refractivity contribution in [3.63, 3.8) is 0 Å². The smallest absolute Gasteiger partial charge is 0.0708 e. The predicted octanol–water partition coefficient (Wildman–Crippen LogP) is 2.86. The molecule has 14 heavy (non-hydrogen) atoms. The Bertz CT molecular complexity index is 116. The number of rotatable bonds is 9. The van der Waals surface area contributed by atoms with Crippen molar-refractivity contribution in [3.8, 4) is 0 Å². The maximum absolute atomic E-state index is 5.89. The van der Waals surface area contributed by atoms with Gasteiger partial charge in [0.05, 0.1) is 25.4 Å². The van der Waals surface area contributed by atoms with E-state index in [9.17, 15) is 0 Å². The van der Waals surface area contributed by atoms with Gasteiger partial charge in [0.1, 0.15) is 0 Å². The van der Waals surface area contributed by atoms with Gasteiger partial charge in [0.25, 0.3) is 0 Å². The van der Waals surface area contributed by atoms with E-state index in [-0.39, 0.29) is 5.60 Å². The molecule has 1 atom stereocenters. The third kappa shape index (κ3) is 5.29. The molecule has 2 nitrogen and oxygen atoms in total. The lowest BCUT2D eigenvalue weighted by molar-refractivity contribution is -0.0735. The van der Waals surface area contributed by atoms with Crippen LogP contribution in [0.4, 0.5) is 0 Å². The van der Waals surface area contributed by atoms with Crippen LogP contribution in [0.2, 0.25) is 0 Å². The molecule has 0 rings (SSSR count). The summed E-state index contributed by atoms with van der Waals surface area (Å²) >= 11 is 0. The van der Waals surface area contributed by atoms with Crippen molar-refractivity contribution in [2.45, 2.75) is 45.6 Å². The molecule has 0 aromatic heterocycles. The quantitative estimate of drug-likeness (QED) is 0.439. The summed E-state index contributed by atoms with van der Waals surface area (Å²) in [6.07, 6.45) is 4.26. The normalized spacial score (nSPS) is 12.0. The summed E-state index contributed by atoms with van der Waals surface area (Å²) in [5.41, 5.74) is 0.0876. The fraction of sp³-hybridized carbons (Fsp3) is 1.00. The van der Waals surface area contributed by atoms with Crippen molar-refractivity contribution in [1.29, 1.82) is 0 Å². The van der Waals surface area contributed by atoms with E-state index in [4.69, 9.17) is 9.47 Å². The molecule has 86 valence electrons. The molecule has 0 amide bonds. The van der Waals surface area contributed by atoms with Gasteiger partial charge in [-0.3, -0.25) is 0 Å². The van der Waals surface area contributed by atoms with Crippen LogP contribution in [-0.2, 0) is 9.47 Å². The lowest BCUT2D eigenvalue weighted by Gasteiger charge is -2.30. The molecule has 0 N–H and O–H groups in total. The first-order valence-corrected chi connectivity index (χ1v) is 6.48. The summed E-state index contributed by atoms with van der Waals surface area (Å²) in [5, 5.41) is 0. The molecule has 0 aliphatic heterocycles. The maximum Gasteiger partial charge on any atom is 0.0708 e. The molecule has 1 unspecified atom stereocenters. The van der Waals surface area contributed by atoms with Gasteiger partial charge in [-0.2, -0.15) is 0 Å². The molecule has 0 aromatic rings. The van der Waals surface area contributed by atoms with Crippen LogP contribution >= 0.6 is 9.24 Å². The Labute approximate surface area is 90.9 Å². The molecule has 0 heterocycles. The molecule has 0 aromatic carbocycles. The summed E-state index contributed by atoms with van der Waals surface area (Å²) in [5.74, 6) is 0. The number of hydrogen-bond donors (Lipinski definition) is 0. The van der Waals surface area contributed by atoms with Gasteiger partial charge in [-0.15, -0.1) is 9.24 Å². The zero-order valence-electron chi connectivity index (χ0n) is 9.84. The van der Waals surface area contributed by atoms with Gasteiger partial charge < -0.3 is 9.47 Å². The number of ether oxygens (including phenoxy) is 2. The number of hydrogen-bond acceptors (Lipinski definition) is 2. The lowest BCUT2D eigenvalue weighted by Crippen LogP contribution is -2.31. The minimum absolute atomic E-state index is 0.0876. The minimum Gasteiger partial charge on any atom is -0.379 e. The highest BCUT2D eigenvalue weighted by molar-refractivity contribution is 7.16. The first-order chi connectivity index (χ1) is 6.74. The second kappa shape index (κ2) is 8.64. The third-order valence-electron chi connectivity index (χ3n) is 2.83. The molecular weight excluding hydrogens is 195 g/mol. The van der Waals surface area contributed by atoms with Crippen LogP contribution in [0.25, 0.3) is 0 Å². The second-order valence-electron chi connectivity index (χ2n) is 3.49. The SMILES string of the molecule is CCC(CC)(CC)OCCOCCP. The molecule has 0 fully saturated rings. The van der Waals surface area contributed by atoms with Gasteiger partial charge >= 0.3 is 0 Å². The van der Waals surface area contributed by atoms with Crippen molar-refractivity contribution < 1.29 is 9.47 Å². The fourth-order valence-corrected chi connectivity index (χ4v) is 1.73. The molecule has 0 saturated heterocycles. The Hall–Kier alpha value is 0.350. The second-order valence-corrected chi connectivity index (χ2v) is 4.07. The van der Waals surface area contributed by atoms with Crippen LogP contribution in [0, 0.1) is 0 Å². The molecular formula is C11H25O2P. The van der Waals surface area contributed by atoms with Crippen molar-refractivity contribution >= 4 is 9.24 Å². The van der Waals surface area contributed by atoms with E-state index in [1.807, 2.05) is 0 Å². The van der Waals surface area contributed by atoms with E-state index in [0.717, 1.165) is 45.2 Å². The molecule has 0 saturated carbocycles. The van der Waals surface area contributed by atoms with Gasteiger partial charge in [0.2, 0.25) is 0 Å². The van der Waals surface area contributed by atoms with Crippen molar-refractivity contribution in [3.05, 3.63) is 0 Å². The zero-order chi connectivity index (χ0) is 10.9. The molecule has 0 bridgehead atoms. The lowest BCUT2D eigenvalue weighted by atomic mass is 9.94. The van der Waals surface area contributed by atoms with E-state index in [1.165, 1.54) is 0 Å². The molecule has 0 aliphatic rings. The molecule has 0 aliphatic carbocycles. The molecule has 0 radical (unpaired) electrons. The summed E-state index contributed by atoms with van der Waals surface area (Å²) in [4.78, 5) is 0. The minimum atomic E-state index is 0.0876. The first kappa shape index (κ1) is 14.3. The highest BCUT2D eigenvalue weighted by Crippen LogP contribution is 2.23.